The molecule has 2 rings (SSSR count). The average Bonchev–Trinajstić information content (AvgIpc) is 2.93. The second kappa shape index (κ2) is 9.94. The maximum atomic E-state index is 12.6. The lowest BCUT2D eigenvalue weighted by Crippen LogP contribution is -2.49. The van der Waals surface area contributed by atoms with Gasteiger partial charge in [-0.3, -0.25) is 4.79 Å². The van der Waals surface area contributed by atoms with E-state index in [0.29, 0.717) is 0 Å². The van der Waals surface area contributed by atoms with E-state index in [2.05, 4.69) is 5.32 Å². The molecule has 7 heteroatoms. The lowest BCUT2D eigenvalue weighted by molar-refractivity contribution is -0.132. The molecular formula is C20H29N3O4. The van der Waals surface area contributed by atoms with Crippen molar-refractivity contribution in [3.8, 4) is 0 Å². The van der Waals surface area contributed by atoms with Gasteiger partial charge in [-0.25, -0.2) is 9.59 Å². The van der Waals surface area contributed by atoms with E-state index in [0.717, 1.165) is 44.3 Å². The fourth-order valence-corrected chi connectivity index (χ4v) is 3.10. The molecule has 0 aromatic heterocycles. The van der Waals surface area contributed by atoms with E-state index in [1.165, 1.54) is 12.1 Å². The van der Waals surface area contributed by atoms with Crippen molar-refractivity contribution in [3.05, 3.63) is 35.4 Å². The van der Waals surface area contributed by atoms with Gasteiger partial charge in [-0.05, 0) is 44.4 Å². The van der Waals surface area contributed by atoms with Crippen LogP contribution in [0.3, 0.4) is 0 Å². The topological polar surface area (TPSA) is 90.0 Å². The maximum absolute atomic E-state index is 12.6. The second-order valence-corrected chi connectivity index (χ2v) is 7.18. The molecule has 0 aliphatic carbocycles. The fourth-order valence-electron chi connectivity index (χ4n) is 3.10. The first-order valence-corrected chi connectivity index (χ1v) is 9.53. The molecule has 1 aliphatic rings. The number of amides is 3. The van der Waals surface area contributed by atoms with Crippen LogP contribution in [-0.4, -0.2) is 58.5 Å². The first-order chi connectivity index (χ1) is 12.9. The van der Waals surface area contributed by atoms with Crippen molar-refractivity contribution in [2.75, 3.05) is 19.6 Å². The van der Waals surface area contributed by atoms with Crippen molar-refractivity contribution in [3.63, 3.8) is 0 Å². The number of hydrogen-bond acceptors (Lipinski definition) is 3. The molecule has 0 unspecified atom stereocenters. The number of nitrogens with one attached hydrogen (secondary N) is 1. The van der Waals surface area contributed by atoms with E-state index in [9.17, 15) is 14.4 Å². The molecule has 1 aromatic carbocycles. The number of carbonyl (C=O) groups excluding carboxylic acids is 2. The summed E-state index contributed by atoms with van der Waals surface area (Å²) in [6.07, 6.45) is 4.34. The molecule has 1 heterocycles. The molecule has 0 atom stereocenters. The van der Waals surface area contributed by atoms with Gasteiger partial charge in [-0.1, -0.05) is 25.0 Å². The lowest BCUT2D eigenvalue weighted by Gasteiger charge is -2.29. The van der Waals surface area contributed by atoms with E-state index in [1.807, 2.05) is 18.7 Å². The Labute approximate surface area is 160 Å². The van der Waals surface area contributed by atoms with Crippen LogP contribution in [0.25, 0.3) is 0 Å². The highest BCUT2D eigenvalue weighted by atomic mass is 16.4. The number of nitrogens with zero attached hydrogens (tertiary/aromatic N) is 2. The lowest BCUT2D eigenvalue weighted by atomic mass is 10.1. The Morgan fingerprint density at radius 2 is 1.67 bits per heavy atom. The summed E-state index contributed by atoms with van der Waals surface area (Å²) < 4.78 is 0. The van der Waals surface area contributed by atoms with Gasteiger partial charge >= 0.3 is 12.0 Å². The standard InChI is InChI=1S/C20H29N3O4/c1-15(2)23(14-18(24)22-11-5-3-4-6-12-22)20(27)21-13-16-7-9-17(10-8-16)19(25)26/h7-10,15H,3-6,11-14H2,1-2H3,(H,21,27)(H,25,26). The monoisotopic (exact) mass is 375 g/mol. The van der Waals surface area contributed by atoms with Gasteiger partial charge in [0.1, 0.15) is 6.54 Å². The quantitative estimate of drug-likeness (QED) is 0.800. The molecule has 3 amide bonds. The largest absolute Gasteiger partial charge is 0.478 e. The SMILES string of the molecule is CC(C)N(CC(=O)N1CCCCCC1)C(=O)NCc1ccc(C(=O)O)cc1. The van der Waals surface area contributed by atoms with Crippen LogP contribution >= 0.6 is 0 Å². The summed E-state index contributed by atoms with van der Waals surface area (Å²) in [5, 5.41) is 11.7. The van der Waals surface area contributed by atoms with Crippen molar-refractivity contribution >= 4 is 17.9 Å². The predicted octanol–water partition coefficient (Wildman–Crippen LogP) is 2.71. The Kier molecular flexibility index (Phi) is 7.64. The fraction of sp³-hybridized carbons (Fsp3) is 0.550. The number of likely N-dealkylation sites (tertiary alicyclic amines) is 1. The molecule has 1 aromatic rings. The minimum Gasteiger partial charge on any atom is -0.478 e. The van der Waals surface area contributed by atoms with E-state index >= 15 is 0 Å². The van der Waals surface area contributed by atoms with Crippen molar-refractivity contribution in [2.45, 2.75) is 52.1 Å². The number of urea groups is 1. The van der Waals surface area contributed by atoms with Crippen LogP contribution in [0.2, 0.25) is 0 Å². The number of carbonyl (C=O) groups is 3. The second-order valence-electron chi connectivity index (χ2n) is 7.18. The van der Waals surface area contributed by atoms with Gasteiger partial charge in [-0.15, -0.1) is 0 Å². The number of aromatic carboxylic acids is 1. The van der Waals surface area contributed by atoms with E-state index in [-0.39, 0.29) is 36.6 Å². The van der Waals surface area contributed by atoms with Crippen LogP contribution in [0.15, 0.2) is 24.3 Å². The van der Waals surface area contributed by atoms with Crippen molar-refractivity contribution in [1.29, 1.82) is 0 Å². The first-order valence-electron chi connectivity index (χ1n) is 9.53. The summed E-state index contributed by atoms with van der Waals surface area (Å²) in [5.41, 5.74) is 1.01. The minimum atomic E-state index is -0.983. The molecule has 0 bridgehead atoms. The zero-order valence-corrected chi connectivity index (χ0v) is 16.1. The van der Waals surface area contributed by atoms with Gasteiger partial charge < -0.3 is 20.2 Å². The third-order valence-corrected chi connectivity index (χ3v) is 4.79. The van der Waals surface area contributed by atoms with Gasteiger partial charge in [0.25, 0.3) is 0 Å². The summed E-state index contributed by atoms with van der Waals surface area (Å²) in [6.45, 7) is 5.65. The number of rotatable bonds is 6. The molecule has 148 valence electrons. The molecule has 0 radical (unpaired) electrons. The van der Waals surface area contributed by atoms with Crippen LogP contribution < -0.4 is 5.32 Å². The Morgan fingerprint density at radius 3 is 2.19 bits per heavy atom. The van der Waals surface area contributed by atoms with Gasteiger partial charge in [-0.2, -0.15) is 0 Å². The molecule has 1 fully saturated rings. The Hall–Kier alpha value is -2.57. The molecule has 1 aliphatic heterocycles. The zero-order chi connectivity index (χ0) is 19.8. The number of carboxylic acids is 1. The van der Waals surface area contributed by atoms with E-state index < -0.39 is 5.97 Å². The summed E-state index contributed by atoms with van der Waals surface area (Å²) in [6, 6.07) is 5.96. The Bertz CT molecular complexity index is 650. The highest BCUT2D eigenvalue weighted by molar-refractivity contribution is 5.87. The number of benzene rings is 1. The average molecular weight is 375 g/mol. The zero-order valence-electron chi connectivity index (χ0n) is 16.1. The number of hydrogen-bond donors (Lipinski definition) is 2. The van der Waals surface area contributed by atoms with Crippen LogP contribution in [-0.2, 0) is 11.3 Å². The first kappa shape index (κ1) is 20.7. The highest BCUT2D eigenvalue weighted by Crippen LogP contribution is 2.11. The van der Waals surface area contributed by atoms with Gasteiger partial charge in [0.2, 0.25) is 5.91 Å². The van der Waals surface area contributed by atoms with Crippen molar-refractivity contribution in [2.24, 2.45) is 0 Å². The van der Waals surface area contributed by atoms with Gasteiger partial charge in [0.05, 0.1) is 5.56 Å². The van der Waals surface area contributed by atoms with Crippen LogP contribution in [0.1, 0.15) is 55.5 Å². The molecule has 2 N–H and O–H groups in total. The molecule has 0 spiro atoms. The Morgan fingerprint density at radius 1 is 1.07 bits per heavy atom. The summed E-state index contributed by atoms with van der Waals surface area (Å²) in [5.74, 6) is -0.991. The van der Waals surface area contributed by atoms with E-state index in [4.69, 9.17) is 5.11 Å². The van der Waals surface area contributed by atoms with Gasteiger partial charge in [0, 0.05) is 25.7 Å². The van der Waals surface area contributed by atoms with Crippen molar-refractivity contribution in [1.82, 2.24) is 15.1 Å². The van der Waals surface area contributed by atoms with Crippen LogP contribution in [0.4, 0.5) is 4.79 Å². The van der Waals surface area contributed by atoms with Gasteiger partial charge in [0.15, 0.2) is 0 Å². The third kappa shape index (κ3) is 6.27. The molecular weight excluding hydrogens is 346 g/mol. The number of carboxylic acid groups (broad SMARTS) is 1. The summed E-state index contributed by atoms with van der Waals surface area (Å²) in [7, 11) is 0. The van der Waals surface area contributed by atoms with E-state index in [1.54, 1.807) is 17.0 Å². The smallest absolute Gasteiger partial charge is 0.335 e. The summed E-state index contributed by atoms with van der Waals surface area (Å²) >= 11 is 0. The van der Waals surface area contributed by atoms with Crippen LogP contribution in [0, 0.1) is 0 Å². The summed E-state index contributed by atoms with van der Waals surface area (Å²) in [4.78, 5) is 39.5. The van der Waals surface area contributed by atoms with Crippen molar-refractivity contribution < 1.29 is 19.5 Å². The predicted molar refractivity (Wildman–Crippen MR) is 103 cm³/mol. The molecule has 7 nitrogen and oxygen atoms in total. The molecule has 1 saturated heterocycles. The maximum Gasteiger partial charge on any atom is 0.335 e. The van der Waals surface area contributed by atoms with Crippen LogP contribution in [0.5, 0.6) is 0 Å². The highest BCUT2D eigenvalue weighted by Gasteiger charge is 2.23. The minimum absolute atomic E-state index is 0.00781. The third-order valence-electron chi connectivity index (χ3n) is 4.79. The molecule has 27 heavy (non-hydrogen) atoms. The Balaban J connectivity index is 1.91. The molecule has 0 saturated carbocycles. The normalized spacial score (nSPS) is 14.6.